The molecule has 1 unspecified atom stereocenters. The summed E-state index contributed by atoms with van der Waals surface area (Å²) in [5.41, 5.74) is 2.63. The zero-order valence-electron chi connectivity index (χ0n) is 13.3. The molecule has 1 rings (SSSR count). The van der Waals surface area contributed by atoms with Crippen LogP contribution in [-0.4, -0.2) is 29.5 Å². The van der Waals surface area contributed by atoms with E-state index in [1.54, 1.807) is 0 Å². The van der Waals surface area contributed by atoms with E-state index in [1.165, 1.54) is 16.0 Å². The van der Waals surface area contributed by atoms with Crippen LogP contribution in [0.15, 0.2) is 23.1 Å². The van der Waals surface area contributed by atoms with Gasteiger partial charge in [0.25, 0.3) is 0 Å². The van der Waals surface area contributed by atoms with Crippen LogP contribution < -0.4 is 5.32 Å². The van der Waals surface area contributed by atoms with Crippen LogP contribution in [0.1, 0.15) is 44.2 Å². The van der Waals surface area contributed by atoms with Crippen molar-refractivity contribution in [1.29, 1.82) is 0 Å². The number of nitrogens with one attached hydrogen (secondary N) is 1. The van der Waals surface area contributed by atoms with E-state index < -0.39 is 0 Å². The van der Waals surface area contributed by atoms with Gasteiger partial charge < -0.3 is 10.4 Å². The lowest BCUT2D eigenvalue weighted by Gasteiger charge is -2.31. The molecular weight excluding hydrogens is 266 g/mol. The fourth-order valence-electron chi connectivity index (χ4n) is 2.42. The fraction of sp³-hybridized carbons (Fsp3) is 0.647. The molecule has 0 aliphatic carbocycles. The highest BCUT2D eigenvalue weighted by molar-refractivity contribution is 7.99. The van der Waals surface area contributed by atoms with E-state index in [0.29, 0.717) is 0 Å². The monoisotopic (exact) mass is 295 g/mol. The number of benzene rings is 1. The van der Waals surface area contributed by atoms with E-state index in [4.69, 9.17) is 0 Å². The molecule has 0 spiro atoms. The third kappa shape index (κ3) is 5.12. The Kier molecular flexibility index (Phi) is 7.63. The molecule has 1 aromatic rings. The van der Waals surface area contributed by atoms with Gasteiger partial charge in [-0.2, -0.15) is 0 Å². The van der Waals surface area contributed by atoms with Crippen molar-refractivity contribution < 1.29 is 5.11 Å². The molecule has 1 aromatic carbocycles. The Morgan fingerprint density at radius 1 is 1.20 bits per heavy atom. The van der Waals surface area contributed by atoms with Crippen molar-refractivity contribution in [3.8, 4) is 0 Å². The zero-order chi connectivity index (χ0) is 15.0. The molecule has 0 bridgehead atoms. The van der Waals surface area contributed by atoms with Gasteiger partial charge in [0.15, 0.2) is 0 Å². The van der Waals surface area contributed by atoms with Gasteiger partial charge in [0.05, 0.1) is 6.61 Å². The molecule has 114 valence electrons. The summed E-state index contributed by atoms with van der Waals surface area (Å²) in [6.45, 7) is 9.71. The smallest absolute Gasteiger partial charge is 0.0613 e. The highest BCUT2D eigenvalue weighted by atomic mass is 32.2. The molecular formula is C17H29NOS. The quantitative estimate of drug-likeness (QED) is 0.535. The van der Waals surface area contributed by atoms with Crippen molar-refractivity contribution in [1.82, 2.24) is 5.32 Å². The summed E-state index contributed by atoms with van der Waals surface area (Å²) < 4.78 is 0. The summed E-state index contributed by atoms with van der Waals surface area (Å²) in [6, 6.07) is 6.67. The van der Waals surface area contributed by atoms with Gasteiger partial charge in [-0.1, -0.05) is 19.9 Å². The third-order valence-corrected chi connectivity index (χ3v) is 5.16. The van der Waals surface area contributed by atoms with Crippen LogP contribution in [0.25, 0.3) is 0 Å². The number of aliphatic hydroxyl groups excluding tert-OH is 1. The van der Waals surface area contributed by atoms with E-state index in [-0.39, 0.29) is 12.1 Å². The first-order valence-electron chi connectivity index (χ1n) is 7.63. The molecule has 0 fully saturated rings. The minimum absolute atomic E-state index is 0.0848. The number of rotatable bonds is 9. The fourth-order valence-corrected chi connectivity index (χ4v) is 3.36. The number of aryl methyl sites for hydroxylation is 2. The predicted octanol–water partition coefficient (Wildman–Crippen LogP) is 3.93. The first-order valence-corrected chi connectivity index (χ1v) is 8.61. The van der Waals surface area contributed by atoms with Crippen molar-refractivity contribution in [2.75, 3.05) is 18.9 Å². The summed E-state index contributed by atoms with van der Waals surface area (Å²) in [4.78, 5) is 1.35. The number of thioether (sulfide) groups is 1. The largest absolute Gasteiger partial charge is 0.394 e. The SMILES string of the molecule is CCNC(CC)(CO)CCCSc1ccc(C)c(C)c1. The minimum atomic E-state index is -0.0848. The summed E-state index contributed by atoms with van der Waals surface area (Å²) in [5.74, 6) is 1.11. The van der Waals surface area contributed by atoms with E-state index in [1.807, 2.05) is 11.8 Å². The van der Waals surface area contributed by atoms with Crippen molar-refractivity contribution >= 4 is 11.8 Å². The lowest BCUT2D eigenvalue weighted by Crippen LogP contribution is -2.48. The van der Waals surface area contributed by atoms with Crippen LogP contribution >= 0.6 is 11.8 Å². The number of aliphatic hydroxyl groups is 1. The van der Waals surface area contributed by atoms with Crippen molar-refractivity contribution in [3.63, 3.8) is 0 Å². The predicted molar refractivity (Wildman–Crippen MR) is 89.7 cm³/mol. The minimum Gasteiger partial charge on any atom is -0.394 e. The van der Waals surface area contributed by atoms with Gasteiger partial charge in [-0.05, 0) is 68.7 Å². The molecule has 20 heavy (non-hydrogen) atoms. The van der Waals surface area contributed by atoms with Crippen LogP contribution in [-0.2, 0) is 0 Å². The van der Waals surface area contributed by atoms with Gasteiger partial charge in [0.1, 0.15) is 0 Å². The van der Waals surface area contributed by atoms with Crippen LogP contribution in [0.2, 0.25) is 0 Å². The van der Waals surface area contributed by atoms with Gasteiger partial charge >= 0.3 is 0 Å². The van der Waals surface area contributed by atoms with E-state index in [2.05, 4.69) is 51.2 Å². The molecule has 0 saturated carbocycles. The molecule has 1 atom stereocenters. The van der Waals surface area contributed by atoms with Gasteiger partial charge in [0, 0.05) is 10.4 Å². The first kappa shape index (κ1) is 17.5. The Labute approximate surface area is 128 Å². The highest BCUT2D eigenvalue weighted by Gasteiger charge is 2.25. The maximum Gasteiger partial charge on any atom is 0.0613 e. The highest BCUT2D eigenvalue weighted by Crippen LogP contribution is 2.24. The number of hydrogen-bond acceptors (Lipinski definition) is 3. The summed E-state index contributed by atoms with van der Waals surface area (Å²) >= 11 is 1.91. The molecule has 2 N–H and O–H groups in total. The molecule has 0 radical (unpaired) electrons. The second-order valence-corrected chi connectivity index (χ2v) is 6.69. The normalized spacial score (nSPS) is 14.2. The number of hydrogen-bond donors (Lipinski definition) is 2. The molecule has 0 aromatic heterocycles. The number of likely N-dealkylation sites (N-methyl/N-ethyl adjacent to an activating group) is 1. The van der Waals surface area contributed by atoms with Crippen molar-refractivity contribution in [3.05, 3.63) is 29.3 Å². The summed E-state index contributed by atoms with van der Waals surface area (Å²) in [6.07, 6.45) is 3.14. The standard InChI is InChI=1S/C17H29NOS/c1-5-17(13-19,18-6-2)10-7-11-20-16-9-8-14(3)15(4)12-16/h8-9,12,18-19H,5-7,10-11,13H2,1-4H3. The molecule has 0 aliphatic heterocycles. The van der Waals surface area contributed by atoms with Crippen LogP contribution in [0.3, 0.4) is 0 Å². The molecule has 3 heteroatoms. The van der Waals surface area contributed by atoms with Crippen LogP contribution in [0, 0.1) is 13.8 Å². The van der Waals surface area contributed by atoms with Crippen LogP contribution in [0.5, 0.6) is 0 Å². The third-order valence-electron chi connectivity index (χ3n) is 4.08. The summed E-state index contributed by atoms with van der Waals surface area (Å²) in [7, 11) is 0. The van der Waals surface area contributed by atoms with E-state index in [0.717, 1.165) is 31.6 Å². The Morgan fingerprint density at radius 2 is 1.95 bits per heavy atom. The van der Waals surface area contributed by atoms with Crippen molar-refractivity contribution in [2.24, 2.45) is 0 Å². The summed E-state index contributed by atoms with van der Waals surface area (Å²) in [5, 5.41) is 13.1. The lowest BCUT2D eigenvalue weighted by molar-refractivity contribution is 0.148. The maximum absolute atomic E-state index is 9.62. The lowest BCUT2D eigenvalue weighted by atomic mass is 9.91. The second-order valence-electron chi connectivity index (χ2n) is 5.52. The Bertz CT molecular complexity index is 402. The molecule has 0 aliphatic rings. The first-order chi connectivity index (χ1) is 9.56. The Balaban J connectivity index is 2.41. The van der Waals surface area contributed by atoms with E-state index >= 15 is 0 Å². The van der Waals surface area contributed by atoms with Gasteiger partial charge in [0.2, 0.25) is 0 Å². The molecule has 2 nitrogen and oxygen atoms in total. The zero-order valence-corrected chi connectivity index (χ0v) is 14.1. The van der Waals surface area contributed by atoms with Gasteiger partial charge in [-0.3, -0.25) is 0 Å². The Morgan fingerprint density at radius 3 is 2.50 bits per heavy atom. The Hall–Kier alpha value is -0.510. The second kappa shape index (κ2) is 8.71. The van der Waals surface area contributed by atoms with Crippen LogP contribution in [0.4, 0.5) is 0 Å². The van der Waals surface area contributed by atoms with Gasteiger partial charge in [-0.25, -0.2) is 0 Å². The average molecular weight is 295 g/mol. The molecule has 0 amide bonds. The maximum atomic E-state index is 9.62. The average Bonchev–Trinajstić information content (AvgIpc) is 2.46. The van der Waals surface area contributed by atoms with Crippen molar-refractivity contribution in [2.45, 2.75) is 57.4 Å². The topological polar surface area (TPSA) is 32.3 Å². The van der Waals surface area contributed by atoms with Gasteiger partial charge in [-0.15, -0.1) is 11.8 Å². The molecule has 0 saturated heterocycles. The van der Waals surface area contributed by atoms with E-state index in [9.17, 15) is 5.11 Å². The molecule has 0 heterocycles.